The lowest BCUT2D eigenvalue weighted by Crippen LogP contribution is -2.23. The number of ether oxygens (including phenoxy) is 1. The summed E-state index contributed by atoms with van der Waals surface area (Å²) in [6.45, 7) is 6.00. The molecule has 10 heteroatoms. The maximum atomic E-state index is 12.6. The predicted octanol–water partition coefficient (Wildman–Crippen LogP) is 2.49. The van der Waals surface area contributed by atoms with Gasteiger partial charge in [0.15, 0.2) is 15.0 Å². The number of amides is 1. The molecule has 1 aromatic carbocycles. The molecular weight excluding hydrogens is 412 g/mol. The number of allylic oxidation sites excluding steroid dienone is 1. The Morgan fingerprint density at radius 1 is 1.41 bits per heavy atom. The van der Waals surface area contributed by atoms with Gasteiger partial charge in [-0.2, -0.15) is 0 Å². The number of aromatic nitrogens is 3. The van der Waals surface area contributed by atoms with Crippen molar-refractivity contribution in [1.29, 1.82) is 0 Å². The number of nitrogens with zero attached hydrogens (tertiary/aromatic N) is 3. The number of thioether (sulfide) groups is 1. The van der Waals surface area contributed by atoms with Gasteiger partial charge in [0, 0.05) is 18.2 Å². The quantitative estimate of drug-likeness (QED) is 0.501. The molecule has 0 saturated carbocycles. The highest BCUT2D eigenvalue weighted by atomic mass is 32.2. The van der Waals surface area contributed by atoms with Gasteiger partial charge in [-0.1, -0.05) is 17.8 Å². The van der Waals surface area contributed by atoms with Crippen molar-refractivity contribution in [2.75, 3.05) is 23.9 Å². The van der Waals surface area contributed by atoms with Gasteiger partial charge in [0.05, 0.1) is 23.9 Å². The Kier molecular flexibility index (Phi) is 6.63. The summed E-state index contributed by atoms with van der Waals surface area (Å²) in [5, 5.41) is 11.5. The molecule has 1 aliphatic heterocycles. The first-order valence-electron chi connectivity index (χ1n) is 9.19. The lowest BCUT2D eigenvalue weighted by Gasteiger charge is -2.14. The summed E-state index contributed by atoms with van der Waals surface area (Å²) in [7, 11) is -1.44. The summed E-state index contributed by atoms with van der Waals surface area (Å²) in [5.41, 5.74) is 0.674. The topological polar surface area (TPSA) is 103 Å². The van der Waals surface area contributed by atoms with Gasteiger partial charge in [0.25, 0.3) is 0 Å². The van der Waals surface area contributed by atoms with Crippen molar-refractivity contribution in [2.45, 2.75) is 36.2 Å². The van der Waals surface area contributed by atoms with E-state index in [4.69, 9.17) is 4.74 Å². The average molecular weight is 437 g/mol. The first-order valence-corrected chi connectivity index (χ1v) is 11.9. The highest BCUT2D eigenvalue weighted by Crippen LogP contribution is 2.31. The zero-order chi connectivity index (χ0) is 21.0. The molecule has 2 aromatic rings. The Morgan fingerprint density at radius 2 is 2.14 bits per heavy atom. The molecule has 0 radical (unpaired) electrons. The Hall–Kier alpha value is -2.33. The number of sulfone groups is 1. The molecule has 0 bridgehead atoms. The van der Waals surface area contributed by atoms with Crippen LogP contribution >= 0.6 is 11.8 Å². The van der Waals surface area contributed by atoms with Gasteiger partial charge in [0.2, 0.25) is 5.91 Å². The second-order valence-corrected chi connectivity index (χ2v) is 10.4. The summed E-state index contributed by atoms with van der Waals surface area (Å²) >= 11 is 1.28. The molecule has 1 N–H and O–H groups in total. The molecule has 1 aromatic heterocycles. The number of hydrogen-bond donors (Lipinski definition) is 1. The lowest BCUT2D eigenvalue weighted by molar-refractivity contribution is -0.115. The maximum Gasteiger partial charge on any atom is 0.237 e. The first kappa shape index (κ1) is 21.4. The van der Waals surface area contributed by atoms with Gasteiger partial charge in [-0.25, -0.2) is 8.42 Å². The number of nitrogens with one attached hydrogen (secondary N) is 1. The molecular formula is C19H24N4O4S2. The Balaban J connectivity index is 1.71. The summed E-state index contributed by atoms with van der Waals surface area (Å²) in [6, 6.07) is 7.09. The van der Waals surface area contributed by atoms with E-state index in [0.717, 1.165) is 0 Å². The zero-order valence-corrected chi connectivity index (χ0v) is 18.0. The number of hydrogen-bond acceptors (Lipinski definition) is 7. The van der Waals surface area contributed by atoms with Crippen molar-refractivity contribution in [2.24, 2.45) is 0 Å². The van der Waals surface area contributed by atoms with Crippen molar-refractivity contribution in [1.82, 2.24) is 14.8 Å². The van der Waals surface area contributed by atoms with Crippen molar-refractivity contribution < 1.29 is 17.9 Å². The van der Waals surface area contributed by atoms with Crippen molar-refractivity contribution in [3.8, 4) is 5.75 Å². The van der Waals surface area contributed by atoms with Crippen molar-refractivity contribution in [3.63, 3.8) is 0 Å². The van der Waals surface area contributed by atoms with E-state index in [1.807, 2.05) is 4.57 Å². The normalized spacial score (nSPS) is 18.9. The van der Waals surface area contributed by atoms with E-state index in [0.29, 0.717) is 35.4 Å². The second-order valence-electron chi connectivity index (χ2n) is 6.82. The van der Waals surface area contributed by atoms with Crippen LogP contribution < -0.4 is 10.1 Å². The van der Waals surface area contributed by atoms with E-state index in [1.165, 1.54) is 11.8 Å². The van der Waals surface area contributed by atoms with Gasteiger partial charge in [-0.15, -0.1) is 16.8 Å². The third-order valence-electron chi connectivity index (χ3n) is 4.66. The standard InChI is InChI=1S/C19H24N4O4S2/c1-4-10-23-17(14-9-11-29(25,26)12-14)21-22-19(23)28-13(2)18(24)20-15-5-7-16(27-3)8-6-15/h4-8,13-14H,1,9-12H2,2-3H3,(H,20,24). The van der Waals surface area contributed by atoms with E-state index in [2.05, 4.69) is 22.1 Å². The van der Waals surface area contributed by atoms with Crippen molar-refractivity contribution >= 4 is 33.2 Å². The van der Waals surface area contributed by atoms with Crippen LogP contribution in [0, 0.1) is 0 Å². The van der Waals surface area contributed by atoms with Crippen LogP contribution in [0.5, 0.6) is 5.75 Å². The van der Waals surface area contributed by atoms with Crippen LogP contribution in [0.15, 0.2) is 42.1 Å². The van der Waals surface area contributed by atoms with E-state index in [9.17, 15) is 13.2 Å². The Labute approximate surface area is 174 Å². The predicted molar refractivity (Wildman–Crippen MR) is 113 cm³/mol. The highest BCUT2D eigenvalue weighted by molar-refractivity contribution is 8.00. The molecule has 156 valence electrons. The molecule has 1 fully saturated rings. The fourth-order valence-electron chi connectivity index (χ4n) is 3.12. The molecule has 2 atom stereocenters. The van der Waals surface area contributed by atoms with Crippen LogP contribution in [0.1, 0.15) is 25.1 Å². The molecule has 0 aliphatic carbocycles. The molecule has 3 rings (SSSR count). The first-order chi connectivity index (χ1) is 13.8. The monoisotopic (exact) mass is 436 g/mol. The summed E-state index contributed by atoms with van der Waals surface area (Å²) in [5.74, 6) is 1.26. The SMILES string of the molecule is C=CCn1c(SC(C)C(=O)Nc2ccc(OC)cc2)nnc1C1CCS(=O)(=O)C1. The van der Waals surface area contributed by atoms with Gasteiger partial charge in [-0.05, 0) is 37.6 Å². The molecule has 2 unspecified atom stereocenters. The van der Waals surface area contributed by atoms with Crippen LogP contribution in [-0.4, -0.2) is 53.0 Å². The summed E-state index contributed by atoms with van der Waals surface area (Å²) in [6.07, 6.45) is 2.25. The van der Waals surface area contributed by atoms with E-state index in [-0.39, 0.29) is 23.3 Å². The minimum Gasteiger partial charge on any atom is -0.497 e. The molecule has 1 saturated heterocycles. The van der Waals surface area contributed by atoms with Crippen LogP contribution in [0.4, 0.5) is 5.69 Å². The van der Waals surface area contributed by atoms with Gasteiger partial charge < -0.3 is 14.6 Å². The number of carbonyl (C=O) groups excluding carboxylic acids is 1. The van der Waals surface area contributed by atoms with Crippen LogP contribution in [0.3, 0.4) is 0 Å². The maximum absolute atomic E-state index is 12.6. The summed E-state index contributed by atoms with van der Waals surface area (Å²) < 4.78 is 30.6. The molecule has 29 heavy (non-hydrogen) atoms. The molecule has 1 amide bonds. The lowest BCUT2D eigenvalue weighted by atomic mass is 10.1. The van der Waals surface area contributed by atoms with E-state index < -0.39 is 15.1 Å². The van der Waals surface area contributed by atoms with E-state index in [1.54, 1.807) is 44.4 Å². The Morgan fingerprint density at radius 3 is 2.72 bits per heavy atom. The average Bonchev–Trinajstić information content (AvgIpc) is 3.25. The second kappa shape index (κ2) is 9.00. The number of benzene rings is 1. The smallest absolute Gasteiger partial charge is 0.237 e. The van der Waals surface area contributed by atoms with Crippen LogP contribution in [-0.2, 0) is 21.2 Å². The van der Waals surface area contributed by atoms with Gasteiger partial charge in [-0.3, -0.25) is 4.79 Å². The molecule has 8 nitrogen and oxygen atoms in total. The summed E-state index contributed by atoms with van der Waals surface area (Å²) in [4.78, 5) is 12.6. The van der Waals surface area contributed by atoms with Crippen LogP contribution in [0.25, 0.3) is 0 Å². The number of rotatable bonds is 8. The Bertz CT molecular complexity index is 986. The molecule has 1 aliphatic rings. The van der Waals surface area contributed by atoms with E-state index >= 15 is 0 Å². The number of anilines is 1. The van der Waals surface area contributed by atoms with Gasteiger partial charge >= 0.3 is 0 Å². The zero-order valence-electron chi connectivity index (χ0n) is 16.4. The number of methoxy groups -OCH3 is 1. The van der Waals surface area contributed by atoms with Gasteiger partial charge in [0.1, 0.15) is 11.6 Å². The fourth-order valence-corrected chi connectivity index (χ4v) is 5.72. The largest absolute Gasteiger partial charge is 0.497 e. The highest BCUT2D eigenvalue weighted by Gasteiger charge is 2.33. The van der Waals surface area contributed by atoms with Crippen molar-refractivity contribution in [3.05, 3.63) is 42.7 Å². The van der Waals surface area contributed by atoms with Crippen LogP contribution in [0.2, 0.25) is 0 Å². The minimum absolute atomic E-state index is 0.0838. The number of carbonyl (C=O) groups is 1. The molecule has 0 spiro atoms. The third-order valence-corrected chi connectivity index (χ3v) is 7.51. The third kappa shape index (κ3) is 5.18. The molecule has 2 heterocycles. The minimum atomic E-state index is -3.03. The fraction of sp³-hybridized carbons (Fsp3) is 0.421.